The summed E-state index contributed by atoms with van der Waals surface area (Å²) in [4.78, 5) is 29.9. The van der Waals surface area contributed by atoms with Crippen molar-refractivity contribution in [3.8, 4) is 0 Å². The number of hydrogen-bond donors (Lipinski definition) is 3. The van der Waals surface area contributed by atoms with Crippen molar-refractivity contribution in [2.45, 2.75) is 58.0 Å². The van der Waals surface area contributed by atoms with E-state index in [1.807, 2.05) is 103 Å². The van der Waals surface area contributed by atoms with Crippen molar-refractivity contribution >= 4 is 28.5 Å². The molecule has 1 saturated heterocycles. The lowest BCUT2D eigenvalue weighted by Crippen LogP contribution is -2.43. The number of ketones is 1. The van der Waals surface area contributed by atoms with E-state index in [1.165, 1.54) is 6.92 Å². The summed E-state index contributed by atoms with van der Waals surface area (Å²) in [6.07, 6.45) is 1.01. The number of aliphatic hydroxyl groups excluding tert-OH is 1. The van der Waals surface area contributed by atoms with Crippen molar-refractivity contribution in [2.75, 3.05) is 5.32 Å². The molecule has 0 radical (unpaired) electrons. The number of nitrogens with one attached hydrogen (secondary N) is 2. The van der Waals surface area contributed by atoms with Crippen LogP contribution >= 0.6 is 0 Å². The van der Waals surface area contributed by atoms with Crippen molar-refractivity contribution in [1.82, 2.24) is 14.9 Å². The van der Waals surface area contributed by atoms with Crippen molar-refractivity contribution in [1.29, 1.82) is 0 Å². The molecule has 1 aromatic heterocycles. The highest BCUT2D eigenvalue weighted by Gasteiger charge is 2.38. The lowest BCUT2D eigenvalue weighted by Gasteiger charge is -2.41. The van der Waals surface area contributed by atoms with Gasteiger partial charge in [0.05, 0.1) is 48.8 Å². The molecule has 0 aliphatic carbocycles. The molecule has 5 aromatic rings. The number of aliphatic hydroxyl groups is 1. The Hall–Kier alpha value is -4.83. The highest BCUT2D eigenvalue weighted by atomic mass is 16.7. The van der Waals surface area contributed by atoms with Gasteiger partial charge in [-0.1, -0.05) is 85.8 Å². The van der Waals surface area contributed by atoms with Crippen LogP contribution in [0.25, 0.3) is 11.0 Å². The summed E-state index contributed by atoms with van der Waals surface area (Å²) in [7, 11) is 0. The Morgan fingerprint density at radius 2 is 1.65 bits per heavy atom. The van der Waals surface area contributed by atoms with Gasteiger partial charge >= 0.3 is 6.03 Å². The Kier molecular flexibility index (Phi) is 9.54. The van der Waals surface area contributed by atoms with E-state index in [0.29, 0.717) is 18.7 Å². The molecule has 9 nitrogen and oxygen atoms in total. The fraction of sp³-hybridized carbons (Fsp3) is 0.270. The number of carbonyl (C=O) groups is 2. The number of carbonyl (C=O) groups excluding carboxylic acids is 2. The molecule has 236 valence electrons. The van der Waals surface area contributed by atoms with E-state index < -0.39 is 18.4 Å². The fourth-order valence-corrected chi connectivity index (χ4v) is 5.91. The van der Waals surface area contributed by atoms with Gasteiger partial charge in [-0.15, -0.1) is 0 Å². The summed E-state index contributed by atoms with van der Waals surface area (Å²) in [5, 5.41) is 15.3. The Morgan fingerprint density at radius 1 is 0.891 bits per heavy atom. The van der Waals surface area contributed by atoms with Crippen LogP contribution in [-0.2, 0) is 33.8 Å². The molecule has 1 aliphatic rings. The first-order valence-electron chi connectivity index (χ1n) is 15.5. The molecule has 1 unspecified atom stereocenters. The number of amides is 2. The summed E-state index contributed by atoms with van der Waals surface area (Å²) < 4.78 is 15.4. The Labute approximate surface area is 268 Å². The topological polar surface area (TPSA) is 115 Å². The van der Waals surface area contributed by atoms with Gasteiger partial charge in [0.1, 0.15) is 0 Å². The highest BCUT2D eigenvalue weighted by Crippen LogP contribution is 2.42. The summed E-state index contributed by atoms with van der Waals surface area (Å²) in [6, 6.07) is 31.6. The van der Waals surface area contributed by atoms with E-state index in [-0.39, 0.29) is 30.5 Å². The number of nitrogens with zero attached hydrogens (tertiary/aromatic N) is 2. The third kappa shape index (κ3) is 7.18. The largest absolute Gasteiger partial charge is 0.392 e. The number of urea groups is 1. The van der Waals surface area contributed by atoms with Crippen LogP contribution in [0.4, 0.5) is 10.5 Å². The molecule has 5 atom stereocenters. The molecule has 6 rings (SSSR count). The highest BCUT2D eigenvalue weighted by molar-refractivity contribution is 5.93. The molecule has 1 fully saturated rings. The van der Waals surface area contributed by atoms with Gasteiger partial charge in [-0.3, -0.25) is 4.79 Å². The van der Waals surface area contributed by atoms with Crippen molar-refractivity contribution < 1.29 is 24.2 Å². The number of para-hydroxylation sites is 2. The zero-order valence-corrected chi connectivity index (χ0v) is 25.9. The summed E-state index contributed by atoms with van der Waals surface area (Å²) in [5.41, 5.74) is 6.01. The quantitative estimate of drug-likeness (QED) is 0.168. The molecule has 0 bridgehead atoms. The van der Waals surface area contributed by atoms with Crippen LogP contribution in [0, 0.1) is 5.92 Å². The minimum Gasteiger partial charge on any atom is -0.392 e. The number of rotatable bonds is 10. The Balaban J connectivity index is 1.22. The Bertz CT molecular complexity index is 1790. The lowest BCUT2D eigenvalue weighted by atomic mass is 9.90. The SMILES string of the molecule is CC(=O)[C@@H](Cc1ccccc1)NC(=O)Nc1cccc(C2O[C@H](Cn3cnc4ccccc43)[C@H](C)[C@H](c3ccc(CO)cc3)O2)c1. The van der Waals surface area contributed by atoms with E-state index in [0.717, 1.165) is 33.3 Å². The number of anilines is 1. The number of benzene rings is 4. The van der Waals surface area contributed by atoms with Gasteiger partial charge in [0, 0.05) is 17.2 Å². The monoisotopic (exact) mass is 618 g/mol. The summed E-state index contributed by atoms with van der Waals surface area (Å²) in [5.74, 6) is -0.141. The van der Waals surface area contributed by atoms with Gasteiger partial charge in [0.2, 0.25) is 0 Å². The first-order chi connectivity index (χ1) is 22.4. The van der Waals surface area contributed by atoms with Gasteiger partial charge in [0.25, 0.3) is 0 Å². The molecule has 4 aromatic carbocycles. The van der Waals surface area contributed by atoms with Gasteiger partial charge in [-0.2, -0.15) is 0 Å². The minimum atomic E-state index is -0.716. The van der Waals surface area contributed by atoms with E-state index in [1.54, 1.807) is 6.07 Å². The van der Waals surface area contributed by atoms with Crippen LogP contribution in [-0.4, -0.2) is 38.6 Å². The van der Waals surface area contributed by atoms with Crippen LogP contribution in [0.1, 0.15) is 48.5 Å². The second-order valence-corrected chi connectivity index (χ2v) is 11.8. The number of imidazole rings is 1. The minimum absolute atomic E-state index is 0.0161. The van der Waals surface area contributed by atoms with Gasteiger partial charge in [0.15, 0.2) is 12.1 Å². The van der Waals surface area contributed by atoms with E-state index >= 15 is 0 Å². The smallest absolute Gasteiger partial charge is 0.319 e. The van der Waals surface area contributed by atoms with Crippen molar-refractivity contribution in [3.05, 3.63) is 132 Å². The summed E-state index contributed by atoms with van der Waals surface area (Å²) >= 11 is 0. The fourth-order valence-electron chi connectivity index (χ4n) is 5.91. The maximum atomic E-state index is 13.0. The van der Waals surface area contributed by atoms with Crippen LogP contribution in [0.3, 0.4) is 0 Å². The number of aromatic nitrogens is 2. The second-order valence-electron chi connectivity index (χ2n) is 11.8. The summed E-state index contributed by atoms with van der Waals surface area (Å²) in [6.45, 7) is 4.13. The van der Waals surface area contributed by atoms with E-state index in [9.17, 15) is 14.7 Å². The Morgan fingerprint density at radius 3 is 2.41 bits per heavy atom. The molecule has 1 aliphatic heterocycles. The lowest BCUT2D eigenvalue weighted by molar-refractivity contribution is -0.276. The number of fused-ring (bicyclic) bond motifs is 1. The van der Waals surface area contributed by atoms with E-state index in [4.69, 9.17) is 9.47 Å². The standard InChI is InChI=1S/C37H38N4O5/c1-24-34(21-41-23-38-31-13-6-7-14-33(31)41)45-36(46-35(24)28-17-15-27(22-42)16-18-28)29-11-8-12-30(20-29)39-37(44)40-32(25(2)43)19-26-9-4-3-5-10-26/h3-18,20,23-24,32,34-36,42H,19,21-22H2,1-2H3,(H2,39,40,44)/t24-,32+,34+,35+,36?/m0/s1. The predicted molar refractivity (Wildman–Crippen MR) is 176 cm³/mol. The first kappa shape index (κ1) is 31.2. The normalized spacial score (nSPS) is 20.2. The van der Waals surface area contributed by atoms with Gasteiger partial charge in [-0.25, -0.2) is 9.78 Å². The molecule has 2 heterocycles. The van der Waals surface area contributed by atoms with Crippen molar-refractivity contribution in [3.63, 3.8) is 0 Å². The number of Topliss-reactive ketones (excluding diaryl/α,β-unsaturated/α-hetero) is 1. The number of ether oxygens (including phenoxy) is 2. The molecule has 0 saturated carbocycles. The van der Waals surface area contributed by atoms with Gasteiger partial charge in [-0.05, 0) is 54.3 Å². The maximum absolute atomic E-state index is 13.0. The van der Waals surface area contributed by atoms with Crippen molar-refractivity contribution in [2.24, 2.45) is 5.92 Å². The van der Waals surface area contributed by atoms with Crippen LogP contribution in [0.5, 0.6) is 0 Å². The third-order valence-corrected chi connectivity index (χ3v) is 8.52. The zero-order valence-electron chi connectivity index (χ0n) is 25.9. The van der Waals surface area contributed by atoms with Crippen LogP contribution in [0.15, 0.2) is 109 Å². The molecule has 46 heavy (non-hydrogen) atoms. The predicted octanol–water partition coefficient (Wildman–Crippen LogP) is 6.34. The molecule has 0 spiro atoms. The average molecular weight is 619 g/mol. The van der Waals surface area contributed by atoms with Crippen LogP contribution in [0.2, 0.25) is 0 Å². The number of hydrogen-bond acceptors (Lipinski definition) is 6. The molecular formula is C37H38N4O5. The maximum Gasteiger partial charge on any atom is 0.319 e. The third-order valence-electron chi connectivity index (χ3n) is 8.52. The molecular weight excluding hydrogens is 580 g/mol. The zero-order chi connectivity index (χ0) is 32.0. The first-order valence-corrected chi connectivity index (χ1v) is 15.5. The van der Waals surface area contributed by atoms with Gasteiger partial charge < -0.3 is 29.8 Å². The average Bonchev–Trinajstić information content (AvgIpc) is 3.48. The second kappa shape index (κ2) is 14.1. The molecule has 9 heteroatoms. The molecule has 3 N–H and O–H groups in total. The molecule has 2 amide bonds. The van der Waals surface area contributed by atoms with E-state index in [2.05, 4.69) is 27.1 Å². The van der Waals surface area contributed by atoms with Crippen LogP contribution < -0.4 is 10.6 Å².